The second kappa shape index (κ2) is 5.35. The molecule has 1 amide bonds. The molecular weight excluding hydrogens is 273 g/mol. The third kappa shape index (κ3) is 3.24. The molecular formula is C12H15F3N4O. The van der Waals surface area contributed by atoms with Crippen molar-refractivity contribution >= 4 is 11.7 Å². The van der Waals surface area contributed by atoms with Crippen LogP contribution in [0.3, 0.4) is 0 Å². The molecule has 110 valence electrons. The molecule has 5 nitrogen and oxygen atoms in total. The molecule has 1 aromatic rings. The van der Waals surface area contributed by atoms with E-state index in [0.29, 0.717) is 24.4 Å². The van der Waals surface area contributed by atoms with Gasteiger partial charge in [-0.2, -0.15) is 13.2 Å². The maximum absolute atomic E-state index is 12.5. The monoisotopic (exact) mass is 288 g/mol. The van der Waals surface area contributed by atoms with E-state index in [9.17, 15) is 18.0 Å². The van der Waals surface area contributed by atoms with Gasteiger partial charge < -0.3 is 10.6 Å². The number of anilines is 1. The Bertz CT molecular complexity index is 518. The lowest BCUT2D eigenvalue weighted by atomic mass is 10.1. The molecule has 8 heteroatoms. The summed E-state index contributed by atoms with van der Waals surface area (Å²) < 4.78 is 37.6. The number of hydrogen-bond donors (Lipinski definition) is 2. The number of nitrogens with one attached hydrogen (secondary N) is 2. The number of carbonyl (C=O) groups excluding carboxylic acids is 1. The summed E-state index contributed by atoms with van der Waals surface area (Å²) in [6, 6.07) is -0.395. The fourth-order valence-corrected chi connectivity index (χ4v) is 2.02. The summed E-state index contributed by atoms with van der Waals surface area (Å²) in [5.41, 5.74) is 0.386. The fraction of sp³-hybridized carbons (Fsp3) is 0.583. The Morgan fingerprint density at radius 3 is 2.75 bits per heavy atom. The van der Waals surface area contributed by atoms with Crippen LogP contribution in [0.1, 0.15) is 24.7 Å². The highest BCUT2D eigenvalue weighted by Crippen LogP contribution is 2.27. The minimum Gasteiger partial charge on any atom is -0.309 e. The van der Waals surface area contributed by atoms with E-state index in [2.05, 4.69) is 20.6 Å². The zero-order valence-electron chi connectivity index (χ0n) is 11.1. The van der Waals surface area contributed by atoms with Gasteiger partial charge in [-0.05, 0) is 25.8 Å². The van der Waals surface area contributed by atoms with Crippen LogP contribution in [-0.4, -0.2) is 28.5 Å². The van der Waals surface area contributed by atoms with E-state index in [1.54, 1.807) is 6.92 Å². The molecule has 0 saturated carbocycles. The molecule has 2 N–H and O–H groups in total. The van der Waals surface area contributed by atoms with Crippen LogP contribution in [0.5, 0.6) is 0 Å². The first kappa shape index (κ1) is 14.7. The maximum Gasteiger partial charge on any atom is 0.451 e. The molecule has 0 spiro atoms. The van der Waals surface area contributed by atoms with Crippen LogP contribution in [0.25, 0.3) is 0 Å². The molecule has 2 atom stereocenters. The van der Waals surface area contributed by atoms with Gasteiger partial charge in [-0.15, -0.1) is 0 Å². The van der Waals surface area contributed by atoms with E-state index >= 15 is 0 Å². The smallest absolute Gasteiger partial charge is 0.309 e. The van der Waals surface area contributed by atoms with Gasteiger partial charge in [0.15, 0.2) is 0 Å². The molecule has 2 heterocycles. The van der Waals surface area contributed by atoms with Crippen molar-refractivity contribution in [1.29, 1.82) is 0 Å². The fourth-order valence-electron chi connectivity index (χ4n) is 2.02. The minimum atomic E-state index is -4.63. The summed E-state index contributed by atoms with van der Waals surface area (Å²) in [6.45, 7) is 4.26. The van der Waals surface area contributed by atoms with Crippen molar-refractivity contribution in [1.82, 2.24) is 15.3 Å². The average molecular weight is 288 g/mol. The lowest BCUT2D eigenvalue weighted by molar-refractivity contribution is -0.145. The average Bonchev–Trinajstić information content (AvgIpc) is 2.77. The van der Waals surface area contributed by atoms with Gasteiger partial charge in [-0.25, -0.2) is 9.97 Å². The highest BCUT2D eigenvalue weighted by Gasteiger charge is 2.35. The van der Waals surface area contributed by atoms with Crippen molar-refractivity contribution in [3.8, 4) is 0 Å². The third-order valence-electron chi connectivity index (χ3n) is 3.13. The first-order chi connectivity index (χ1) is 9.27. The highest BCUT2D eigenvalue weighted by atomic mass is 19.4. The van der Waals surface area contributed by atoms with Crippen molar-refractivity contribution < 1.29 is 18.0 Å². The molecule has 0 bridgehead atoms. The molecule has 0 aromatic carbocycles. The molecule has 20 heavy (non-hydrogen) atoms. The lowest BCUT2D eigenvalue weighted by Crippen LogP contribution is -2.36. The van der Waals surface area contributed by atoms with Gasteiger partial charge in [0.05, 0.1) is 6.04 Å². The zero-order valence-corrected chi connectivity index (χ0v) is 11.1. The molecule has 0 radical (unpaired) electrons. The Morgan fingerprint density at radius 2 is 2.20 bits per heavy atom. The Balaban J connectivity index is 2.14. The topological polar surface area (TPSA) is 66.9 Å². The van der Waals surface area contributed by atoms with E-state index in [4.69, 9.17) is 0 Å². The van der Waals surface area contributed by atoms with Crippen LogP contribution >= 0.6 is 0 Å². The number of halogens is 3. The SMILES string of the molecule is Cc1cnc(C(F)(F)F)nc1NC(=O)C1CC(C)CN1. The van der Waals surface area contributed by atoms with E-state index in [-0.39, 0.29) is 11.7 Å². The van der Waals surface area contributed by atoms with Gasteiger partial charge in [0, 0.05) is 11.8 Å². The van der Waals surface area contributed by atoms with Gasteiger partial charge in [0.1, 0.15) is 5.82 Å². The molecule has 2 unspecified atom stereocenters. The summed E-state index contributed by atoms with van der Waals surface area (Å²) in [6.07, 6.45) is -2.93. The summed E-state index contributed by atoms with van der Waals surface area (Å²) in [5.74, 6) is -1.36. The maximum atomic E-state index is 12.5. The van der Waals surface area contributed by atoms with Crippen molar-refractivity contribution in [2.45, 2.75) is 32.5 Å². The van der Waals surface area contributed by atoms with Gasteiger partial charge in [-0.1, -0.05) is 6.92 Å². The summed E-state index contributed by atoms with van der Waals surface area (Å²) in [7, 11) is 0. The number of rotatable bonds is 2. The first-order valence-corrected chi connectivity index (χ1v) is 6.22. The summed E-state index contributed by atoms with van der Waals surface area (Å²) in [4.78, 5) is 18.6. The number of aromatic nitrogens is 2. The van der Waals surface area contributed by atoms with Crippen molar-refractivity contribution in [2.24, 2.45) is 5.92 Å². The van der Waals surface area contributed by atoms with E-state index in [0.717, 1.165) is 6.20 Å². The lowest BCUT2D eigenvalue weighted by Gasteiger charge is -2.13. The number of carbonyl (C=O) groups is 1. The quantitative estimate of drug-likeness (QED) is 0.870. The molecule has 2 rings (SSSR count). The predicted octanol–water partition coefficient (Wildman–Crippen LogP) is 1.74. The summed E-state index contributed by atoms with van der Waals surface area (Å²) >= 11 is 0. The Hall–Kier alpha value is -1.70. The standard InChI is InChI=1S/C12H15F3N4O/c1-6-3-8(16-4-6)10(20)18-9-7(2)5-17-11(19-9)12(13,14)15/h5-6,8,16H,3-4H2,1-2H3,(H,17,18,19,20). The normalized spacial score (nSPS) is 22.9. The molecule has 1 aliphatic rings. The Kier molecular flexibility index (Phi) is 3.94. The van der Waals surface area contributed by atoms with Crippen LogP contribution in [0, 0.1) is 12.8 Å². The van der Waals surface area contributed by atoms with Gasteiger partial charge in [-0.3, -0.25) is 4.79 Å². The van der Waals surface area contributed by atoms with Crippen LogP contribution in [0.2, 0.25) is 0 Å². The summed E-state index contributed by atoms with van der Waals surface area (Å²) in [5, 5.41) is 5.45. The van der Waals surface area contributed by atoms with Crippen LogP contribution < -0.4 is 10.6 Å². The van der Waals surface area contributed by atoms with Crippen LogP contribution in [-0.2, 0) is 11.0 Å². The number of hydrogen-bond acceptors (Lipinski definition) is 4. The van der Waals surface area contributed by atoms with E-state index in [1.807, 2.05) is 6.92 Å². The number of amides is 1. The minimum absolute atomic E-state index is 0.0984. The second-order valence-electron chi connectivity index (χ2n) is 5.01. The molecule has 1 aromatic heterocycles. The first-order valence-electron chi connectivity index (χ1n) is 6.22. The Morgan fingerprint density at radius 1 is 1.50 bits per heavy atom. The van der Waals surface area contributed by atoms with Gasteiger partial charge >= 0.3 is 6.18 Å². The predicted molar refractivity (Wildman–Crippen MR) is 66.0 cm³/mol. The van der Waals surface area contributed by atoms with Gasteiger partial charge in [0.2, 0.25) is 11.7 Å². The van der Waals surface area contributed by atoms with E-state index in [1.165, 1.54) is 0 Å². The Labute approximate surface area is 114 Å². The molecule has 1 aliphatic heterocycles. The second-order valence-corrected chi connectivity index (χ2v) is 5.01. The van der Waals surface area contributed by atoms with Gasteiger partial charge in [0.25, 0.3) is 0 Å². The largest absolute Gasteiger partial charge is 0.451 e. The molecule has 1 fully saturated rings. The zero-order chi connectivity index (χ0) is 14.9. The van der Waals surface area contributed by atoms with E-state index < -0.39 is 18.0 Å². The van der Waals surface area contributed by atoms with Crippen molar-refractivity contribution in [2.75, 3.05) is 11.9 Å². The third-order valence-corrected chi connectivity index (χ3v) is 3.13. The van der Waals surface area contributed by atoms with Crippen LogP contribution in [0.4, 0.5) is 19.0 Å². The molecule has 1 saturated heterocycles. The molecule has 0 aliphatic carbocycles. The van der Waals surface area contributed by atoms with Crippen LogP contribution in [0.15, 0.2) is 6.20 Å². The van der Waals surface area contributed by atoms with Crippen molar-refractivity contribution in [3.05, 3.63) is 17.6 Å². The van der Waals surface area contributed by atoms with Crippen molar-refractivity contribution in [3.63, 3.8) is 0 Å². The number of aryl methyl sites for hydroxylation is 1. The highest BCUT2D eigenvalue weighted by molar-refractivity contribution is 5.94. The number of alkyl halides is 3. The number of nitrogens with zero attached hydrogens (tertiary/aromatic N) is 2.